The number of imide groups is 1. The first-order valence-corrected chi connectivity index (χ1v) is 9.52. The van der Waals surface area contributed by atoms with E-state index in [1.54, 1.807) is 0 Å². The maximum atomic E-state index is 12.7. The van der Waals surface area contributed by atoms with Crippen molar-refractivity contribution in [2.75, 3.05) is 6.54 Å². The second kappa shape index (κ2) is 13.5. The Morgan fingerprint density at radius 1 is 1.00 bits per heavy atom. The van der Waals surface area contributed by atoms with E-state index in [1.165, 1.54) is 4.90 Å². The van der Waals surface area contributed by atoms with Crippen LogP contribution >= 0.6 is 12.4 Å². The average Bonchev–Trinajstić information content (AvgIpc) is 2.49. The molecule has 6 nitrogen and oxygen atoms in total. The fourth-order valence-electron chi connectivity index (χ4n) is 2.71. The molecule has 0 fully saturated rings. The molecule has 0 unspecified atom stereocenters. The first-order valence-electron chi connectivity index (χ1n) is 9.52. The molecule has 0 radical (unpaired) electrons. The normalized spacial score (nSPS) is 16.0. The van der Waals surface area contributed by atoms with Crippen LogP contribution in [-0.2, 0) is 9.59 Å². The summed E-state index contributed by atoms with van der Waals surface area (Å²) in [4.78, 5) is 26.6. The van der Waals surface area contributed by atoms with Gasteiger partial charge in [0, 0.05) is 12.6 Å². The van der Waals surface area contributed by atoms with Gasteiger partial charge in [0.1, 0.15) is 0 Å². The molecular formula is C19H40ClN3O3. The van der Waals surface area contributed by atoms with Crippen molar-refractivity contribution in [2.45, 2.75) is 85.4 Å². The maximum absolute atomic E-state index is 12.7. The van der Waals surface area contributed by atoms with Crippen molar-refractivity contribution in [1.29, 1.82) is 0 Å². The molecule has 0 aromatic rings. The highest BCUT2D eigenvalue weighted by Gasteiger charge is 2.30. The second-order valence-corrected chi connectivity index (χ2v) is 8.16. The van der Waals surface area contributed by atoms with Crippen LogP contribution in [0.15, 0.2) is 0 Å². The Labute approximate surface area is 165 Å². The molecule has 0 saturated heterocycles. The fraction of sp³-hybridized carbons (Fsp3) is 0.895. The van der Waals surface area contributed by atoms with Gasteiger partial charge in [-0.1, -0.05) is 48.0 Å². The van der Waals surface area contributed by atoms with Crippen LogP contribution in [0.1, 0.15) is 67.2 Å². The van der Waals surface area contributed by atoms with Gasteiger partial charge in [-0.2, -0.15) is 0 Å². The second-order valence-electron chi connectivity index (χ2n) is 8.16. The first kappa shape index (κ1) is 27.5. The largest absolute Gasteiger partial charge is 0.391 e. The third-order valence-electron chi connectivity index (χ3n) is 4.42. The molecule has 26 heavy (non-hydrogen) atoms. The van der Waals surface area contributed by atoms with E-state index >= 15 is 0 Å². The van der Waals surface area contributed by atoms with E-state index in [0.717, 1.165) is 6.42 Å². The van der Waals surface area contributed by atoms with Gasteiger partial charge in [0.2, 0.25) is 11.8 Å². The summed E-state index contributed by atoms with van der Waals surface area (Å²) >= 11 is 0. The predicted molar refractivity (Wildman–Crippen MR) is 109 cm³/mol. The van der Waals surface area contributed by atoms with E-state index < -0.39 is 24.1 Å². The smallest absolute Gasteiger partial charge is 0.246 e. The quantitative estimate of drug-likeness (QED) is 0.499. The predicted octanol–water partition coefficient (Wildman–Crippen LogP) is 2.31. The van der Waals surface area contributed by atoms with Crippen molar-refractivity contribution < 1.29 is 14.7 Å². The highest BCUT2D eigenvalue weighted by Crippen LogP contribution is 2.14. The van der Waals surface area contributed by atoms with Crippen LogP contribution < -0.4 is 11.5 Å². The summed E-state index contributed by atoms with van der Waals surface area (Å²) in [5, 5.41) is 10.2. The Morgan fingerprint density at radius 3 is 1.92 bits per heavy atom. The summed E-state index contributed by atoms with van der Waals surface area (Å²) in [7, 11) is 0. The molecule has 0 aromatic carbocycles. The molecule has 0 heterocycles. The van der Waals surface area contributed by atoms with Crippen molar-refractivity contribution in [3.05, 3.63) is 0 Å². The SMILES string of the molecule is CC[C@H](C)CN(C(=O)C[C@H](O)[C@@H](N)CC(C)C)C(=O)[C@@H](N)CC(C)C.Cl. The van der Waals surface area contributed by atoms with Gasteiger partial charge < -0.3 is 16.6 Å². The average molecular weight is 394 g/mol. The number of carbonyl (C=O) groups excluding carboxylic acids is 2. The lowest BCUT2D eigenvalue weighted by atomic mass is 9.97. The van der Waals surface area contributed by atoms with Crippen molar-refractivity contribution >= 4 is 24.2 Å². The van der Waals surface area contributed by atoms with E-state index in [9.17, 15) is 14.7 Å². The van der Waals surface area contributed by atoms with Gasteiger partial charge in [0.25, 0.3) is 0 Å². The Hall–Kier alpha value is -0.690. The lowest BCUT2D eigenvalue weighted by Gasteiger charge is -2.29. The third kappa shape index (κ3) is 10.5. The van der Waals surface area contributed by atoms with Crippen molar-refractivity contribution in [3.8, 4) is 0 Å². The highest BCUT2D eigenvalue weighted by atomic mass is 35.5. The zero-order valence-electron chi connectivity index (χ0n) is 17.3. The summed E-state index contributed by atoms with van der Waals surface area (Å²) in [6.45, 7) is 12.3. The molecule has 0 saturated carbocycles. The van der Waals surface area contributed by atoms with Gasteiger partial charge in [-0.3, -0.25) is 14.5 Å². The van der Waals surface area contributed by atoms with E-state index in [-0.39, 0.29) is 36.6 Å². The molecule has 0 aliphatic rings. The molecule has 2 amide bonds. The van der Waals surface area contributed by atoms with Crippen LogP contribution in [0, 0.1) is 17.8 Å². The molecule has 0 aliphatic carbocycles. The monoisotopic (exact) mass is 393 g/mol. The van der Waals surface area contributed by atoms with Crippen molar-refractivity contribution in [1.82, 2.24) is 4.90 Å². The van der Waals surface area contributed by atoms with Crippen LogP contribution in [0.2, 0.25) is 0 Å². The van der Waals surface area contributed by atoms with Crippen LogP contribution in [0.3, 0.4) is 0 Å². The fourth-order valence-corrected chi connectivity index (χ4v) is 2.71. The topological polar surface area (TPSA) is 110 Å². The van der Waals surface area contributed by atoms with Crippen molar-refractivity contribution in [3.63, 3.8) is 0 Å². The number of hydrogen-bond donors (Lipinski definition) is 3. The van der Waals surface area contributed by atoms with Gasteiger partial charge in [0.15, 0.2) is 0 Å². The summed E-state index contributed by atoms with van der Waals surface area (Å²) < 4.78 is 0. The Balaban J connectivity index is 0. The zero-order valence-corrected chi connectivity index (χ0v) is 18.1. The summed E-state index contributed by atoms with van der Waals surface area (Å²) in [6, 6.07) is -1.18. The first-order chi connectivity index (χ1) is 11.5. The lowest BCUT2D eigenvalue weighted by molar-refractivity contribution is -0.148. The van der Waals surface area contributed by atoms with Gasteiger partial charge in [-0.05, 0) is 30.6 Å². The number of aliphatic hydroxyl groups is 1. The van der Waals surface area contributed by atoms with E-state index in [0.29, 0.717) is 25.3 Å². The number of amides is 2. The number of hydrogen-bond acceptors (Lipinski definition) is 5. The van der Waals surface area contributed by atoms with Gasteiger partial charge in [-0.15, -0.1) is 12.4 Å². The summed E-state index contributed by atoms with van der Waals surface area (Å²) in [5.41, 5.74) is 12.0. The zero-order chi connectivity index (χ0) is 19.7. The van der Waals surface area contributed by atoms with Gasteiger partial charge in [0.05, 0.1) is 18.6 Å². The third-order valence-corrected chi connectivity index (χ3v) is 4.42. The lowest BCUT2D eigenvalue weighted by Crippen LogP contribution is -2.50. The van der Waals surface area contributed by atoms with Crippen LogP contribution in [0.25, 0.3) is 0 Å². The molecule has 156 valence electrons. The molecular weight excluding hydrogens is 354 g/mol. The summed E-state index contributed by atoms with van der Waals surface area (Å²) in [5.74, 6) is 0.0297. The van der Waals surface area contributed by atoms with E-state index in [1.807, 2.05) is 41.5 Å². The molecule has 7 heteroatoms. The molecule has 0 aliphatic heterocycles. The number of aliphatic hydroxyl groups excluding tert-OH is 1. The number of carbonyl (C=O) groups is 2. The van der Waals surface area contributed by atoms with E-state index in [2.05, 4.69) is 0 Å². The standard InChI is InChI=1S/C19H39N3O3.ClH/c1-7-14(6)11-22(19(25)16(21)9-13(4)5)18(24)10-17(23)15(20)8-12(2)3;/h12-17,23H,7-11,20-21H2,1-6H3;1H/t14-,15-,16-,17-;/m0./s1. The number of nitrogens with zero attached hydrogens (tertiary/aromatic N) is 1. The molecule has 0 bridgehead atoms. The Morgan fingerprint density at radius 2 is 1.50 bits per heavy atom. The van der Waals surface area contributed by atoms with E-state index in [4.69, 9.17) is 11.5 Å². The highest BCUT2D eigenvalue weighted by molar-refractivity contribution is 5.98. The summed E-state index contributed by atoms with van der Waals surface area (Å²) in [6.07, 6.45) is 0.902. The number of rotatable bonds is 11. The van der Waals surface area contributed by atoms with Crippen LogP contribution in [-0.4, -0.2) is 46.6 Å². The Bertz CT molecular complexity index is 419. The molecule has 0 spiro atoms. The van der Waals surface area contributed by atoms with Gasteiger partial charge >= 0.3 is 0 Å². The van der Waals surface area contributed by atoms with Crippen LogP contribution in [0.5, 0.6) is 0 Å². The number of nitrogens with two attached hydrogens (primary N) is 2. The van der Waals surface area contributed by atoms with Crippen LogP contribution in [0.4, 0.5) is 0 Å². The molecule has 5 N–H and O–H groups in total. The minimum Gasteiger partial charge on any atom is -0.391 e. The molecule has 0 rings (SSSR count). The molecule has 4 atom stereocenters. The minimum atomic E-state index is -0.955. The minimum absolute atomic E-state index is 0. The maximum Gasteiger partial charge on any atom is 0.246 e. The van der Waals surface area contributed by atoms with Crippen molar-refractivity contribution in [2.24, 2.45) is 29.2 Å². The van der Waals surface area contributed by atoms with Gasteiger partial charge in [-0.25, -0.2) is 0 Å². The molecule has 0 aromatic heterocycles. The Kier molecular flexibility index (Phi) is 14.3. The number of halogens is 1.